The summed E-state index contributed by atoms with van der Waals surface area (Å²) >= 11 is 6.50. The average Bonchev–Trinajstić information content (AvgIpc) is 2.57. The summed E-state index contributed by atoms with van der Waals surface area (Å²) in [5, 5.41) is -0.517. The van der Waals surface area contributed by atoms with E-state index in [1.165, 1.54) is 0 Å². The zero-order valence-corrected chi connectivity index (χ0v) is 14.5. The molecule has 114 valence electrons. The van der Waals surface area contributed by atoms with Gasteiger partial charge in [-0.1, -0.05) is 0 Å². The van der Waals surface area contributed by atoms with Crippen molar-refractivity contribution >= 4 is 25.8 Å². The summed E-state index contributed by atoms with van der Waals surface area (Å²) in [7, 11) is -1.09. The van der Waals surface area contributed by atoms with Crippen molar-refractivity contribution in [1.29, 1.82) is 0 Å². The van der Waals surface area contributed by atoms with E-state index in [4.69, 9.17) is 30.2 Å². The highest BCUT2D eigenvalue weighted by atomic mass is 35.5. The highest BCUT2D eigenvalue weighted by Gasteiger charge is 2.61. The summed E-state index contributed by atoms with van der Waals surface area (Å²) in [6, 6.07) is 0. The summed E-state index contributed by atoms with van der Waals surface area (Å²) in [5.74, 6) is 0. The van der Waals surface area contributed by atoms with Crippen molar-refractivity contribution in [3.63, 3.8) is 0 Å². The molecule has 0 N–H and O–H groups in total. The number of hydrogen-bond acceptors (Lipinski definition) is 4. The first kappa shape index (κ1) is 16.6. The molecule has 0 amide bonds. The highest BCUT2D eigenvalue weighted by molar-refractivity contribution is 6.80. The van der Waals surface area contributed by atoms with E-state index in [9.17, 15) is 0 Å². The van der Waals surface area contributed by atoms with Crippen LogP contribution in [-0.2, 0) is 18.6 Å². The van der Waals surface area contributed by atoms with Gasteiger partial charge in [0.05, 0.1) is 22.4 Å². The molecule has 2 rings (SSSR count). The summed E-state index contributed by atoms with van der Waals surface area (Å²) in [6.07, 6.45) is 0. The fraction of sp³-hybridized carbons (Fsp3) is 1.00. The molecule has 7 heteroatoms. The van der Waals surface area contributed by atoms with E-state index < -0.39 is 41.8 Å². The Hall–Kier alpha value is 0.260. The standard InChI is InChI=1S/C13H25B2ClO4/c1-10(2)11(3,4)18-14(17-10)9(16)15-19-12(5,6)13(7,8)20-15/h9H,1-8H3. The molecule has 0 aromatic rings. The van der Waals surface area contributed by atoms with Gasteiger partial charge in [-0.15, -0.1) is 11.6 Å². The van der Waals surface area contributed by atoms with Gasteiger partial charge < -0.3 is 18.6 Å². The van der Waals surface area contributed by atoms with E-state index in [0.29, 0.717) is 0 Å². The summed E-state index contributed by atoms with van der Waals surface area (Å²) < 4.78 is 23.8. The van der Waals surface area contributed by atoms with Crippen molar-refractivity contribution in [1.82, 2.24) is 0 Å². The molecule has 0 saturated carbocycles. The number of alkyl halides is 1. The molecular formula is C13H25B2ClO4. The number of halogens is 1. The zero-order chi connectivity index (χ0) is 15.6. The minimum atomic E-state index is -0.545. The van der Waals surface area contributed by atoms with Crippen LogP contribution in [0.4, 0.5) is 0 Å². The van der Waals surface area contributed by atoms with Gasteiger partial charge in [-0.25, -0.2) is 0 Å². The Bertz CT molecular complexity index is 330. The van der Waals surface area contributed by atoms with E-state index in [2.05, 4.69) is 0 Å². The molecule has 2 aliphatic rings. The van der Waals surface area contributed by atoms with Crippen LogP contribution in [0.5, 0.6) is 0 Å². The first-order valence-electron chi connectivity index (χ1n) is 7.14. The van der Waals surface area contributed by atoms with Gasteiger partial charge >= 0.3 is 14.2 Å². The fourth-order valence-electron chi connectivity index (χ4n) is 2.17. The van der Waals surface area contributed by atoms with Crippen LogP contribution >= 0.6 is 11.6 Å². The van der Waals surface area contributed by atoms with Crippen LogP contribution in [0.3, 0.4) is 0 Å². The second-order valence-electron chi connectivity index (χ2n) is 7.69. The van der Waals surface area contributed by atoms with Crippen LogP contribution in [-0.4, -0.2) is 41.8 Å². The first-order valence-corrected chi connectivity index (χ1v) is 7.58. The minimum absolute atomic E-state index is 0.408. The Kier molecular flexibility index (Phi) is 3.85. The van der Waals surface area contributed by atoms with Crippen molar-refractivity contribution < 1.29 is 18.6 Å². The third kappa shape index (κ3) is 2.54. The zero-order valence-electron chi connectivity index (χ0n) is 13.7. The van der Waals surface area contributed by atoms with E-state index in [-0.39, 0.29) is 0 Å². The van der Waals surface area contributed by atoms with Crippen molar-refractivity contribution in [2.75, 3.05) is 0 Å². The van der Waals surface area contributed by atoms with Crippen molar-refractivity contribution in [3.05, 3.63) is 0 Å². The Labute approximate surface area is 128 Å². The summed E-state index contributed by atoms with van der Waals surface area (Å²) in [4.78, 5) is 0. The van der Waals surface area contributed by atoms with Gasteiger partial charge in [-0.3, -0.25) is 0 Å². The molecule has 0 aromatic carbocycles. The Balaban J connectivity index is 2.10. The molecule has 2 aliphatic heterocycles. The maximum atomic E-state index is 6.50. The van der Waals surface area contributed by atoms with E-state index in [1.807, 2.05) is 55.4 Å². The lowest BCUT2D eigenvalue weighted by atomic mass is 9.63. The summed E-state index contributed by atoms with van der Waals surface area (Å²) in [6.45, 7) is 16.0. The molecule has 4 nitrogen and oxygen atoms in total. The predicted octanol–water partition coefficient (Wildman–Crippen LogP) is 2.86. The van der Waals surface area contributed by atoms with Crippen LogP contribution in [0.2, 0.25) is 0 Å². The lowest BCUT2D eigenvalue weighted by Crippen LogP contribution is -2.44. The molecule has 0 bridgehead atoms. The third-order valence-electron chi connectivity index (χ3n) is 5.06. The highest BCUT2D eigenvalue weighted by Crippen LogP contribution is 2.42. The molecule has 0 unspecified atom stereocenters. The quantitative estimate of drug-likeness (QED) is 0.580. The monoisotopic (exact) mass is 302 g/mol. The van der Waals surface area contributed by atoms with Gasteiger partial charge in [0, 0.05) is 0 Å². The molecule has 0 aliphatic carbocycles. The second-order valence-corrected chi connectivity index (χ2v) is 8.20. The van der Waals surface area contributed by atoms with Gasteiger partial charge in [0.15, 0.2) is 0 Å². The van der Waals surface area contributed by atoms with Crippen molar-refractivity contribution in [3.8, 4) is 0 Å². The molecule has 2 saturated heterocycles. The fourth-order valence-corrected chi connectivity index (χ4v) is 2.37. The Morgan fingerprint density at radius 2 is 0.800 bits per heavy atom. The maximum absolute atomic E-state index is 6.50. The van der Waals surface area contributed by atoms with Crippen LogP contribution in [0.15, 0.2) is 0 Å². The maximum Gasteiger partial charge on any atom is 0.474 e. The average molecular weight is 302 g/mol. The van der Waals surface area contributed by atoms with Gasteiger partial charge in [-0.2, -0.15) is 0 Å². The lowest BCUT2D eigenvalue weighted by Gasteiger charge is -2.32. The van der Waals surface area contributed by atoms with E-state index >= 15 is 0 Å². The van der Waals surface area contributed by atoms with Crippen LogP contribution in [0, 0.1) is 0 Å². The molecule has 2 heterocycles. The largest absolute Gasteiger partial charge is 0.474 e. The minimum Gasteiger partial charge on any atom is -0.403 e. The first-order chi connectivity index (χ1) is 8.79. The van der Waals surface area contributed by atoms with Crippen molar-refractivity contribution in [2.45, 2.75) is 83.0 Å². The van der Waals surface area contributed by atoms with E-state index in [1.54, 1.807) is 0 Å². The molecule has 0 radical (unpaired) electrons. The predicted molar refractivity (Wildman–Crippen MR) is 81.8 cm³/mol. The third-order valence-corrected chi connectivity index (χ3v) is 5.47. The van der Waals surface area contributed by atoms with Crippen molar-refractivity contribution in [2.24, 2.45) is 0 Å². The number of hydrogen-bond donors (Lipinski definition) is 0. The van der Waals surface area contributed by atoms with E-state index in [0.717, 1.165) is 0 Å². The lowest BCUT2D eigenvalue weighted by molar-refractivity contribution is 0.00578. The smallest absolute Gasteiger partial charge is 0.403 e. The van der Waals surface area contributed by atoms with Gasteiger partial charge in [0.1, 0.15) is 5.18 Å². The molecule has 20 heavy (non-hydrogen) atoms. The topological polar surface area (TPSA) is 36.9 Å². The van der Waals surface area contributed by atoms with Crippen LogP contribution in [0.25, 0.3) is 0 Å². The molecule has 2 fully saturated rings. The Morgan fingerprint density at radius 1 is 0.600 bits per heavy atom. The van der Waals surface area contributed by atoms with Gasteiger partial charge in [-0.05, 0) is 55.4 Å². The number of rotatable bonds is 2. The SMILES string of the molecule is CC1(C)OB(C(Cl)B2OC(C)(C)C(C)(C)O2)OC1(C)C. The van der Waals surface area contributed by atoms with Gasteiger partial charge in [0.2, 0.25) is 0 Å². The normalized spacial score (nSPS) is 30.3. The summed E-state index contributed by atoms with van der Waals surface area (Å²) in [5.41, 5.74) is -1.63. The Morgan fingerprint density at radius 3 is 1.00 bits per heavy atom. The molecular weight excluding hydrogens is 277 g/mol. The molecule has 0 aromatic heterocycles. The molecule has 0 spiro atoms. The molecule has 0 atom stereocenters. The van der Waals surface area contributed by atoms with Crippen LogP contribution in [0.1, 0.15) is 55.4 Å². The van der Waals surface area contributed by atoms with Gasteiger partial charge in [0.25, 0.3) is 0 Å². The van der Waals surface area contributed by atoms with Crippen LogP contribution < -0.4 is 0 Å². The second kappa shape index (κ2) is 4.63.